The Morgan fingerprint density at radius 3 is 2.47 bits per heavy atom. The summed E-state index contributed by atoms with van der Waals surface area (Å²) in [7, 11) is 0. The summed E-state index contributed by atoms with van der Waals surface area (Å²) >= 11 is 0. The van der Waals surface area contributed by atoms with E-state index in [9.17, 15) is 0 Å². The van der Waals surface area contributed by atoms with Gasteiger partial charge in [0.25, 0.3) is 0 Å². The molecule has 0 atom stereocenters. The minimum Gasteiger partial charge on any atom is -0.476 e. The normalized spacial score (nSPS) is 10.2. The maximum Gasteiger partial charge on any atom is 0.239 e. The zero-order chi connectivity index (χ0) is 13.7. The molecule has 0 aliphatic heterocycles. The van der Waals surface area contributed by atoms with Crippen molar-refractivity contribution in [1.29, 1.82) is 0 Å². The molecule has 0 aliphatic rings. The van der Waals surface area contributed by atoms with E-state index < -0.39 is 0 Å². The summed E-state index contributed by atoms with van der Waals surface area (Å²) in [5.74, 6) is 1.33. The van der Waals surface area contributed by atoms with Crippen LogP contribution in [0.4, 0.5) is 17.2 Å². The number of anilines is 3. The minimum atomic E-state index is 0.495. The minimum absolute atomic E-state index is 0.495. The van der Waals surface area contributed by atoms with Crippen molar-refractivity contribution in [2.24, 2.45) is 0 Å². The third kappa shape index (κ3) is 2.96. The smallest absolute Gasteiger partial charge is 0.239 e. The van der Waals surface area contributed by atoms with Gasteiger partial charge in [0.15, 0.2) is 0 Å². The van der Waals surface area contributed by atoms with Gasteiger partial charge in [-0.2, -0.15) is 4.98 Å². The van der Waals surface area contributed by atoms with E-state index in [4.69, 9.17) is 10.5 Å². The van der Waals surface area contributed by atoms with Gasteiger partial charge in [-0.1, -0.05) is 18.2 Å². The van der Waals surface area contributed by atoms with E-state index in [0.717, 1.165) is 18.1 Å². The Bertz CT molecular complexity index is 528. The van der Waals surface area contributed by atoms with Crippen LogP contribution in [0.5, 0.6) is 5.88 Å². The Morgan fingerprint density at radius 1 is 1.11 bits per heavy atom. The summed E-state index contributed by atoms with van der Waals surface area (Å²) in [6.45, 7) is 5.39. The number of hydrogen-bond donors (Lipinski definition) is 1. The first-order valence-corrected chi connectivity index (χ1v) is 6.48. The van der Waals surface area contributed by atoms with Gasteiger partial charge in [0.1, 0.15) is 5.82 Å². The highest BCUT2D eigenvalue weighted by molar-refractivity contribution is 5.63. The van der Waals surface area contributed by atoms with Crippen LogP contribution in [0.3, 0.4) is 0 Å². The molecule has 1 aromatic carbocycles. The Morgan fingerprint density at radius 2 is 1.84 bits per heavy atom. The molecule has 2 N–H and O–H groups in total. The maximum absolute atomic E-state index is 5.85. The van der Waals surface area contributed by atoms with Crippen LogP contribution in [-0.4, -0.2) is 18.1 Å². The van der Waals surface area contributed by atoms with E-state index >= 15 is 0 Å². The van der Waals surface area contributed by atoms with Crippen molar-refractivity contribution < 1.29 is 4.74 Å². The van der Waals surface area contributed by atoms with Gasteiger partial charge in [-0.05, 0) is 38.1 Å². The van der Waals surface area contributed by atoms with E-state index in [0.29, 0.717) is 18.2 Å². The van der Waals surface area contributed by atoms with Crippen molar-refractivity contribution in [2.75, 3.05) is 23.8 Å². The van der Waals surface area contributed by atoms with Crippen LogP contribution in [0.1, 0.15) is 13.8 Å². The summed E-state index contributed by atoms with van der Waals surface area (Å²) in [6, 6.07) is 13.9. The van der Waals surface area contributed by atoms with E-state index in [1.54, 1.807) is 0 Å². The van der Waals surface area contributed by atoms with Crippen LogP contribution in [0.2, 0.25) is 0 Å². The second-order valence-electron chi connectivity index (χ2n) is 4.08. The first-order valence-electron chi connectivity index (χ1n) is 6.48. The lowest BCUT2D eigenvalue weighted by Gasteiger charge is -2.22. The number of benzene rings is 1. The molecule has 0 saturated carbocycles. The van der Waals surface area contributed by atoms with Gasteiger partial charge in [-0.3, -0.25) is 0 Å². The topological polar surface area (TPSA) is 51.4 Å². The standard InChI is InChI=1S/C15H19N3O/c1-3-18(12-8-6-5-7-9-12)14-11-10-13(16)15(17-14)19-4-2/h5-11H,3-4,16H2,1-2H3. The molecular formula is C15H19N3O. The number of para-hydroxylation sites is 1. The third-order valence-corrected chi connectivity index (χ3v) is 2.82. The number of nitrogens with two attached hydrogens (primary N) is 1. The monoisotopic (exact) mass is 257 g/mol. The average molecular weight is 257 g/mol. The SMILES string of the molecule is CCOc1nc(N(CC)c2ccccc2)ccc1N. The Labute approximate surface area is 113 Å². The van der Waals surface area contributed by atoms with Crippen molar-refractivity contribution in [1.82, 2.24) is 4.98 Å². The summed E-state index contributed by atoms with van der Waals surface area (Å²) in [4.78, 5) is 6.60. The molecule has 0 bridgehead atoms. The zero-order valence-electron chi connectivity index (χ0n) is 11.3. The van der Waals surface area contributed by atoms with Crippen LogP contribution >= 0.6 is 0 Å². The fourth-order valence-corrected chi connectivity index (χ4v) is 1.93. The van der Waals surface area contributed by atoms with Gasteiger partial charge in [-0.15, -0.1) is 0 Å². The van der Waals surface area contributed by atoms with E-state index in [-0.39, 0.29) is 0 Å². The number of aromatic nitrogens is 1. The molecule has 0 radical (unpaired) electrons. The molecule has 1 aromatic heterocycles. The Kier molecular flexibility index (Phi) is 4.23. The van der Waals surface area contributed by atoms with Gasteiger partial charge in [0.05, 0.1) is 12.3 Å². The molecule has 4 heteroatoms. The van der Waals surface area contributed by atoms with Crippen molar-refractivity contribution in [3.63, 3.8) is 0 Å². The van der Waals surface area contributed by atoms with Gasteiger partial charge in [0, 0.05) is 12.2 Å². The summed E-state index contributed by atoms with van der Waals surface area (Å²) in [5.41, 5.74) is 7.52. The fourth-order valence-electron chi connectivity index (χ4n) is 1.93. The predicted molar refractivity (Wildman–Crippen MR) is 78.9 cm³/mol. The lowest BCUT2D eigenvalue weighted by atomic mass is 10.2. The molecule has 4 nitrogen and oxygen atoms in total. The lowest BCUT2D eigenvalue weighted by molar-refractivity contribution is 0.329. The zero-order valence-corrected chi connectivity index (χ0v) is 11.3. The number of ether oxygens (including phenoxy) is 1. The van der Waals surface area contributed by atoms with Crippen LogP contribution in [0.15, 0.2) is 42.5 Å². The number of pyridine rings is 1. The van der Waals surface area contributed by atoms with Crippen LogP contribution in [0.25, 0.3) is 0 Å². The second-order valence-corrected chi connectivity index (χ2v) is 4.08. The van der Waals surface area contributed by atoms with E-state index in [1.807, 2.05) is 37.3 Å². The molecule has 100 valence electrons. The van der Waals surface area contributed by atoms with Crippen LogP contribution in [0, 0.1) is 0 Å². The molecule has 2 aromatic rings. The molecule has 2 rings (SSSR count). The van der Waals surface area contributed by atoms with Gasteiger partial charge in [0.2, 0.25) is 5.88 Å². The number of hydrogen-bond acceptors (Lipinski definition) is 4. The Hall–Kier alpha value is -2.23. The van der Waals surface area contributed by atoms with Crippen molar-refractivity contribution in [3.8, 4) is 5.88 Å². The fraction of sp³-hybridized carbons (Fsp3) is 0.267. The summed E-state index contributed by atoms with van der Waals surface area (Å²) in [5, 5.41) is 0. The largest absolute Gasteiger partial charge is 0.476 e. The Balaban J connectivity index is 2.36. The molecule has 0 fully saturated rings. The number of nitrogens with zero attached hydrogens (tertiary/aromatic N) is 2. The molecule has 0 amide bonds. The highest BCUT2D eigenvalue weighted by Crippen LogP contribution is 2.27. The molecule has 0 unspecified atom stereocenters. The first-order chi connectivity index (χ1) is 9.26. The van der Waals surface area contributed by atoms with E-state index in [2.05, 4.69) is 28.9 Å². The maximum atomic E-state index is 5.85. The van der Waals surface area contributed by atoms with E-state index in [1.165, 1.54) is 0 Å². The van der Waals surface area contributed by atoms with Gasteiger partial charge < -0.3 is 15.4 Å². The average Bonchev–Trinajstić information content (AvgIpc) is 2.44. The second kappa shape index (κ2) is 6.09. The summed E-state index contributed by atoms with van der Waals surface area (Å²) < 4.78 is 5.45. The number of rotatable bonds is 5. The molecule has 19 heavy (non-hydrogen) atoms. The molecule has 0 spiro atoms. The third-order valence-electron chi connectivity index (χ3n) is 2.82. The highest BCUT2D eigenvalue weighted by atomic mass is 16.5. The number of nitrogen functional groups attached to an aromatic ring is 1. The van der Waals surface area contributed by atoms with Crippen molar-refractivity contribution >= 4 is 17.2 Å². The van der Waals surface area contributed by atoms with Gasteiger partial charge >= 0.3 is 0 Å². The van der Waals surface area contributed by atoms with Crippen LogP contribution in [-0.2, 0) is 0 Å². The van der Waals surface area contributed by atoms with Crippen LogP contribution < -0.4 is 15.4 Å². The molecule has 0 saturated heterocycles. The highest BCUT2D eigenvalue weighted by Gasteiger charge is 2.11. The molecule has 0 aliphatic carbocycles. The van der Waals surface area contributed by atoms with Gasteiger partial charge in [-0.25, -0.2) is 0 Å². The molecule has 1 heterocycles. The van der Waals surface area contributed by atoms with Crippen molar-refractivity contribution in [2.45, 2.75) is 13.8 Å². The first kappa shape index (κ1) is 13.2. The lowest BCUT2D eigenvalue weighted by Crippen LogP contribution is -2.17. The van der Waals surface area contributed by atoms with Crippen molar-refractivity contribution in [3.05, 3.63) is 42.5 Å². The molecular weight excluding hydrogens is 238 g/mol. The predicted octanol–water partition coefficient (Wildman–Crippen LogP) is 3.22. The summed E-state index contributed by atoms with van der Waals surface area (Å²) in [6.07, 6.45) is 0. The quantitative estimate of drug-likeness (QED) is 0.893.